The van der Waals surface area contributed by atoms with Gasteiger partial charge in [-0.25, -0.2) is 9.97 Å². The third-order valence-electron chi connectivity index (χ3n) is 2.73. The van der Waals surface area contributed by atoms with E-state index in [-0.39, 0.29) is 17.4 Å². The highest BCUT2D eigenvalue weighted by molar-refractivity contribution is 6.09. The fraction of sp³-hybridized carbons (Fsp3) is 0.214. The maximum atomic E-state index is 12.4. The maximum absolute atomic E-state index is 12.4. The van der Waals surface area contributed by atoms with Crippen LogP contribution in [0.4, 0.5) is 0 Å². The highest BCUT2D eigenvalue weighted by Crippen LogP contribution is 2.22. The standard InChI is InChI=1S/C14H14N2O3/c1-9-8-10(4-5-11(9)18-2)13(17)12-14(19-3)16-7-6-15-12/h4-8H,1-3H3. The average Bonchev–Trinajstić information content (AvgIpc) is 2.46. The number of carbonyl (C=O) groups excluding carboxylic acids is 1. The van der Waals surface area contributed by atoms with Crippen LogP contribution in [0.3, 0.4) is 0 Å². The van der Waals surface area contributed by atoms with Crippen LogP contribution in [0.25, 0.3) is 0 Å². The van der Waals surface area contributed by atoms with Crippen LogP contribution in [0.1, 0.15) is 21.6 Å². The number of hydrogen-bond acceptors (Lipinski definition) is 5. The van der Waals surface area contributed by atoms with Gasteiger partial charge in [0.1, 0.15) is 5.75 Å². The van der Waals surface area contributed by atoms with Gasteiger partial charge in [-0.3, -0.25) is 4.79 Å². The van der Waals surface area contributed by atoms with Crippen molar-refractivity contribution in [2.75, 3.05) is 14.2 Å². The summed E-state index contributed by atoms with van der Waals surface area (Å²) in [6.07, 6.45) is 2.95. The smallest absolute Gasteiger partial charge is 0.243 e. The maximum Gasteiger partial charge on any atom is 0.243 e. The van der Waals surface area contributed by atoms with Crippen LogP contribution >= 0.6 is 0 Å². The average molecular weight is 258 g/mol. The molecule has 0 bridgehead atoms. The molecule has 2 aromatic rings. The third-order valence-corrected chi connectivity index (χ3v) is 2.73. The van der Waals surface area contributed by atoms with E-state index in [1.54, 1.807) is 25.3 Å². The first-order chi connectivity index (χ1) is 9.17. The summed E-state index contributed by atoms with van der Waals surface area (Å²) in [4.78, 5) is 20.4. The molecule has 0 aliphatic rings. The van der Waals surface area contributed by atoms with Gasteiger partial charge in [-0.1, -0.05) is 0 Å². The molecule has 0 fully saturated rings. The van der Waals surface area contributed by atoms with Gasteiger partial charge in [0.25, 0.3) is 0 Å². The lowest BCUT2D eigenvalue weighted by Crippen LogP contribution is -2.08. The van der Waals surface area contributed by atoms with E-state index in [2.05, 4.69) is 9.97 Å². The van der Waals surface area contributed by atoms with Crippen LogP contribution < -0.4 is 9.47 Å². The van der Waals surface area contributed by atoms with Crippen LogP contribution in [-0.2, 0) is 0 Å². The highest BCUT2D eigenvalue weighted by atomic mass is 16.5. The molecule has 2 rings (SSSR count). The summed E-state index contributed by atoms with van der Waals surface area (Å²) < 4.78 is 10.2. The lowest BCUT2D eigenvalue weighted by atomic mass is 10.0. The third kappa shape index (κ3) is 2.54. The molecule has 0 aliphatic carbocycles. The summed E-state index contributed by atoms with van der Waals surface area (Å²) in [6, 6.07) is 5.21. The number of aryl methyl sites for hydroxylation is 1. The molecule has 0 unspecified atom stereocenters. The molecule has 0 saturated heterocycles. The lowest BCUT2D eigenvalue weighted by Gasteiger charge is -2.08. The Balaban J connectivity index is 2.41. The van der Waals surface area contributed by atoms with Crippen molar-refractivity contribution in [3.05, 3.63) is 47.4 Å². The van der Waals surface area contributed by atoms with E-state index >= 15 is 0 Å². The summed E-state index contributed by atoms with van der Waals surface area (Å²) in [5.41, 5.74) is 1.61. The quantitative estimate of drug-likeness (QED) is 0.785. The molecule has 0 N–H and O–H groups in total. The minimum atomic E-state index is -0.226. The van der Waals surface area contributed by atoms with E-state index in [0.29, 0.717) is 5.56 Å². The number of benzene rings is 1. The number of carbonyl (C=O) groups is 1. The van der Waals surface area contributed by atoms with Crippen LogP contribution in [0, 0.1) is 6.92 Å². The van der Waals surface area contributed by atoms with Crippen LogP contribution in [0.2, 0.25) is 0 Å². The van der Waals surface area contributed by atoms with Gasteiger partial charge >= 0.3 is 0 Å². The summed E-state index contributed by atoms with van der Waals surface area (Å²) in [6.45, 7) is 1.88. The van der Waals surface area contributed by atoms with E-state index in [9.17, 15) is 4.79 Å². The lowest BCUT2D eigenvalue weighted by molar-refractivity contribution is 0.103. The van der Waals surface area contributed by atoms with Crippen molar-refractivity contribution in [3.8, 4) is 11.6 Å². The number of ketones is 1. The minimum Gasteiger partial charge on any atom is -0.496 e. The number of rotatable bonds is 4. The Bertz CT molecular complexity index is 611. The zero-order valence-electron chi connectivity index (χ0n) is 11.0. The first-order valence-corrected chi connectivity index (χ1v) is 5.71. The second-order valence-corrected chi connectivity index (χ2v) is 3.93. The second-order valence-electron chi connectivity index (χ2n) is 3.93. The normalized spacial score (nSPS) is 10.1. The van der Waals surface area contributed by atoms with Gasteiger partial charge in [0.15, 0.2) is 5.69 Å². The SMILES string of the molecule is COc1ccc(C(=O)c2nccnc2OC)cc1C. The molecule has 1 aromatic carbocycles. The molecule has 5 nitrogen and oxygen atoms in total. The van der Waals surface area contributed by atoms with Crippen molar-refractivity contribution < 1.29 is 14.3 Å². The van der Waals surface area contributed by atoms with Crippen LogP contribution in [0.5, 0.6) is 11.6 Å². The van der Waals surface area contributed by atoms with E-state index in [0.717, 1.165) is 11.3 Å². The Labute approximate surface area is 111 Å². The monoisotopic (exact) mass is 258 g/mol. The van der Waals surface area contributed by atoms with E-state index < -0.39 is 0 Å². The second kappa shape index (κ2) is 5.48. The fourth-order valence-corrected chi connectivity index (χ4v) is 1.79. The first-order valence-electron chi connectivity index (χ1n) is 5.71. The summed E-state index contributed by atoms with van der Waals surface area (Å²) in [5, 5.41) is 0. The largest absolute Gasteiger partial charge is 0.496 e. The molecule has 0 atom stereocenters. The first kappa shape index (κ1) is 13.0. The predicted molar refractivity (Wildman–Crippen MR) is 69.7 cm³/mol. The van der Waals surface area contributed by atoms with E-state index in [1.807, 2.05) is 6.92 Å². The Morgan fingerprint density at radius 1 is 1.11 bits per heavy atom. The van der Waals surface area contributed by atoms with E-state index in [1.165, 1.54) is 19.5 Å². The summed E-state index contributed by atoms with van der Waals surface area (Å²) in [5.74, 6) is 0.735. The molecule has 0 amide bonds. The molecule has 0 aliphatic heterocycles. The van der Waals surface area contributed by atoms with Gasteiger partial charge in [0.2, 0.25) is 11.7 Å². The van der Waals surface area contributed by atoms with Gasteiger partial charge in [-0.15, -0.1) is 0 Å². The van der Waals surface area contributed by atoms with Crippen molar-refractivity contribution in [3.63, 3.8) is 0 Å². The van der Waals surface area contributed by atoms with Crippen molar-refractivity contribution in [2.24, 2.45) is 0 Å². The van der Waals surface area contributed by atoms with Crippen molar-refractivity contribution in [2.45, 2.75) is 6.92 Å². The molecule has 5 heteroatoms. The Morgan fingerprint density at radius 3 is 2.47 bits per heavy atom. The molecule has 1 heterocycles. The Hall–Kier alpha value is -2.43. The van der Waals surface area contributed by atoms with Crippen molar-refractivity contribution in [1.29, 1.82) is 0 Å². The van der Waals surface area contributed by atoms with Gasteiger partial charge in [0, 0.05) is 18.0 Å². The van der Waals surface area contributed by atoms with Crippen LogP contribution in [0.15, 0.2) is 30.6 Å². The number of aromatic nitrogens is 2. The molecule has 0 saturated carbocycles. The molecule has 0 spiro atoms. The molecule has 1 aromatic heterocycles. The molecule has 98 valence electrons. The number of nitrogens with zero attached hydrogens (tertiary/aromatic N) is 2. The molecule has 19 heavy (non-hydrogen) atoms. The molecule has 0 radical (unpaired) electrons. The van der Waals surface area contributed by atoms with Crippen molar-refractivity contribution >= 4 is 5.78 Å². The molecular formula is C14H14N2O3. The summed E-state index contributed by atoms with van der Waals surface area (Å²) >= 11 is 0. The molecular weight excluding hydrogens is 244 g/mol. The van der Waals surface area contributed by atoms with Gasteiger partial charge in [0.05, 0.1) is 14.2 Å². The Morgan fingerprint density at radius 2 is 1.84 bits per heavy atom. The van der Waals surface area contributed by atoms with Gasteiger partial charge < -0.3 is 9.47 Å². The number of hydrogen-bond donors (Lipinski definition) is 0. The fourth-order valence-electron chi connectivity index (χ4n) is 1.79. The van der Waals surface area contributed by atoms with Gasteiger partial charge in [-0.2, -0.15) is 0 Å². The Kier molecular flexibility index (Phi) is 3.75. The zero-order valence-corrected chi connectivity index (χ0v) is 11.0. The highest BCUT2D eigenvalue weighted by Gasteiger charge is 2.17. The summed E-state index contributed by atoms with van der Waals surface area (Å²) in [7, 11) is 3.05. The van der Waals surface area contributed by atoms with Crippen LogP contribution in [-0.4, -0.2) is 30.0 Å². The minimum absolute atomic E-state index is 0.203. The zero-order chi connectivity index (χ0) is 13.8. The predicted octanol–water partition coefficient (Wildman–Crippen LogP) is 2.03. The number of ether oxygens (including phenoxy) is 2. The number of methoxy groups -OCH3 is 2. The van der Waals surface area contributed by atoms with Crippen molar-refractivity contribution in [1.82, 2.24) is 9.97 Å². The topological polar surface area (TPSA) is 61.3 Å². The van der Waals surface area contributed by atoms with E-state index in [4.69, 9.17) is 9.47 Å². The van der Waals surface area contributed by atoms with Gasteiger partial charge in [-0.05, 0) is 30.7 Å².